The third-order valence-corrected chi connectivity index (χ3v) is 4.06. The predicted octanol–water partition coefficient (Wildman–Crippen LogP) is 1.63. The summed E-state index contributed by atoms with van der Waals surface area (Å²) in [6.07, 6.45) is 3.56. The molecule has 1 heterocycles. The standard InChI is InChI=1S/C13H24N2O/c1-10-5-4-6-11(10)12(16)15-8-7-14-13(2,3)9-15/h10-11,14H,4-9H2,1-3H3. The van der Waals surface area contributed by atoms with Crippen LogP contribution >= 0.6 is 0 Å². The molecule has 3 nitrogen and oxygen atoms in total. The Morgan fingerprint density at radius 1 is 1.38 bits per heavy atom. The van der Waals surface area contributed by atoms with E-state index in [0.717, 1.165) is 26.1 Å². The third kappa shape index (κ3) is 2.40. The Hall–Kier alpha value is -0.570. The Bertz CT molecular complexity index is 275. The molecule has 2 aliphatic rings. The maximum atomic E-state index is 12.4. The van der Waals surface area contributed by atoms with Gasteiger partial charge >= 0.3 is 0 Å². The normalized spacial score (nSPS) is 34.1. The van der Waals surface area contributed by atoms with Crippen LogP contribution in [0.15, 0.2) is 0 Å². The number of piperazine rings is 1. The van der Waals surface area contributed by atoms with Gasteiger partial charge in [-0.05, 0) is 32.6 Å². The fourth-order valence-electron chi connectivity index (χ4n) is 3.08. The van der Waals surface area contributed by atoms with Gasteiger partial charge in [0.2, 0.25) is 5.91 Å². The lowest BCUT2D eigenvalue weighted by Crippen LogP contribution is -2.59. The average molecular weight is 224 g/mol. The van der Waals surface area contributed by atoms with Crippen LogP contribution in [0.3, 0.4) is 0 Å². The van der Waals surface area contributed by atoms with E-state index in [4.69, 9.17) is 0 Å². The topological polar surface area (TPSA) is 32.3 Å². The van der Waals surface area contributed by atoms with E-state index >= 15 is 0 Å². The zero-order chi connectivity index (χ0) is 11.8. The summed E-state index contributed by atoms with van der Waals surface area (Å²) in [5.41, 5.74) is 0.0791. The van der Waals surface area contributed by atoms with Gasteiger partial charge in [-0.3, -0.25) is 4.79 Å². The lowest BCUT2D eigenvalue weighted by Gasteiger charge is -2.40. The molecule has 0 aromatic rings. The van der Waals surface area contributed by atoms with Crippen LogP contribution in [0.2, 0.25) is 0 Å². The zero-order valence-electron chi connectivity index (χ0n) is 10.8. The molecule has 16 heavy (non-hydrogen) atoms. The van der Waals surface area contributed by atoms with Crippen molar-refractivity contribution in [3.05, 3.63) is 0 Å². The van der Waals surface area contributed by atoms with Crippen LogP contribution in [0.4, 0.5) is 0 Å². The number of carbonyl (C=O) groups excluding carboxylic acids is 1. The first-order chi connectivity index (χ1) is 7.49. The van der Waals surface area contributed by atoms with Crippen molar-refractivity contribution >= 4 is 5.91 Å². The van der Waals surface area contributed by atoms with Gasteiger partial charge < -0.3 is 10.2 Å². The molecule has 1 saturated carbocycles. The summed E-state index contributed by atoms with van der Waals surface area (Å²) in [5, 5.41) is 3.45. The molecule has 0 aromatic carbocycles. The van der Waals surface area contributed by atoms with Crippen molar-refractivity contribution in [3.8, 4) is 0 Å². The van der Waals surface area contributed by atoms with Gasteiger partial charge in [0.15, 0.2) is 0 Å². The van der Waals surface area contributed by atoms with Gasteiger partial charge in [0, 0.05) is 31.1 Å². The minimum absolute atomic E-state index is 0.0791. The molecule has 1 amide bonds. The second kappa shape index (κ2) is 4.36. The average Bonchev–Trinajstić information content (AvgIpc) is 2.62. The molecule has 2 fully saturated rings. The second-order valence-corrected chi connectivity index (χ2v) is 6.09. The van der Waals surface area contributed by atoms with Crippen LogP contribution in [-0.4, -0.2) is 36.0 Å². The number of amides is 1. The largest absolute Gasteiger partial charge is 0.339 e. The maximum absolute atomic E-state index is 12.4. The Morgan fingerprint density at radius 3 is 2.69 bits per heavy atom. The molecular weight excluding hydrogens is 200 g/mol. The van der Waals surface area contributed by atoms with Crippen molar-refractivity contribution in [2.24, 2.45) is 11.8 Å². The summed E-state index contributed by atoms with van der Waals surface area (Å²) in [7, 11) is 0. The molecule has 1 N–H and O–H groups in total. The predicted molar refractivity (Wildman–Crippen MR) is 65.2 cm³/mol. The Morgan fingerprint density at radius 2 is 2.12 bits per heavy atom. The lowest BCUT2D eigenvalue weighted by atomic mass is 9.94. The number of rotatable bonds is 1. The maximum Gasteiger partial charge on any atom is 0.226 e. The van der Waals surface area contributed by atoms with Crippen LogP contribution < -0.4 is 5.32 Å². The molecule has 1 saturated heterocycles. The SMILES string of the molecule is CC1CCCC1C(=O)N1CCNC(C)(C)C1. The van der Waals surface area contributed by atoms with Crippen LogP contribution in [0, 0.1) is 11.8 Å². The molecule has 2 unspecified atom stereocenters. The van der Waals surface area contributed by atoms with E-state index in [2.05, 4.69) is 31.0 Å². The zero-order valence-corrected chi connectivity index (χ0v) is 10.8. The van der Waals surface area contributed by atoms with E-state index in [-0.39, 0.29) is 5.54 Å². The Kier molecular flexibility index (Phi) is 3.24. The minimum atomic E-state index is 0.0791. The van der Waals surface area contributed by atoms with Crippen molar-refractivity contribution in [1.82, 2.24) is 10.2 Å². The Labute approximate surface area is 98.6 Å². The van der Waals surface area contributed by atoms with E-state index in [9.17, 15) is 4.79 Å². The molecule has 0 bridgehead atoms. The van der Waals surface area contributed by atoms with Crippen LogP contribution in [0.1, 0.15) is 40.0 Å². The first-order valence-corrected chi connectivity index (χ1v) is 6.53. The molecule has 0 spiro atoms. The van der Waals surface area contributed by atoms with Crippen molar-refractivity contribution < 1.29 is 4.79 Å². The monoisotopic (exact) mass is 224 g/mol. The summed E-state index contributed by atoms with van der Waals surface area (Å²) in [5.74, 6) is 1.29. The first kappa shape index (κ1) is 11.9. The van der Waals surface area contributed by atoms with Crippen LogP contribution in [-0.2, 0) is 4.79 Å². The summed E-state index contributed by atoms with van der Waals surface area (Å²) >= 11 is 0. The fraction of sp³-hybridized carbons (Fsp3) is 0.923. The highest BCUT2D eigenvalue weighted by Crippen LogP contribution is 2.33. The highest BCUT2D eigenvalue weighted by Gasteiger charge is 2.36. The van der Waals surface area contributed by atoms with Gasteiger partial charge in [0.1, 0.15) is 0 Å². The highest BCUT2D eigenvalue weighted by atomic mass is 16.2. The van der Waals surface area contributed by atoms with Gasteiger partial charge in [-0.1, -0.05) is 13.3 Å². The van der Waals surface area contributed by atoms with Gasteiger partial charge in [0.05, 0.1) is 0 Å². The van der Waals surface area contributed by atoms with Crippen LogP contribution in [0.25, 0.3) is 0 Å². The van der Waals surface area contributed by atoms with Gasteiger partial charge in [-0.15, -0.1) is 0 Å². The van der Waals surface area contributed by atoms with E-state index in [0.29, 0.717) is 17.7 Å². The molecule has 2 atom stereocenters. The van der Waals surface area contributed by atoms with Crippen molar-refractivity contribution in [2.75, 3.05) is 19.6 Å². The second-order valence-electron chi connectivity index (χ2n) is 6.09. The molecule has 92 valence electrons. The number of nitrogens with one attached hydrogen (secondary N) is 1. The molecular formula is C13H24N2O. The van der Waals surface area contributed by atoms with Crippen molar-refractivity contribution in [1.29, 1.82) is 0 Å². The van der Waals surface area contributed by atoms with E-state index in [1.165, 1.54) is 12.8 Å². The molecule has 0 aromatic heterocycles. The fourth-order valence-corrected chi connectivity index (χ4v) is 3.08. The molecule has 1 aliphatic heterocycles. The van der Waals surface area contributed by atoms with E-state index in [1.54, 1.807) is 0 Å². The number of hydrogen-bond acceptors (Lipinski definition) is 2. The quantitative estimate of drug-likeness (QED) is 0.734. The van der Waals surface area contributed by atoms with Crippen molar-refractivity contribution in [2.45, 2.75) is 45.6 Å². The highest BCUT2D eigenvalue weighted by molar-refractivity contribution is 5.79. The van der Waals surface area contributed by atoms with Crippen LogP contribution in [0.5, 0.6) is 0 Å². The van der Waals surface area contributed by atoms with Gasteiger partial charge in [-0.2, -0.15) is 0 Å². The summed E-state index contributed by atoms with van der Waals surface area (Å²) in [6.45, 7) is 9.23. The summed E-state index contributed by atoms with van der Waals surface area (Å²) < 4.78 is 0. The van der Waals surface area contributed by atoms with E-state index < -0.39 is 0 Å². The first-order valence-electron chi connectivity index (χ1n) is 6.53. The minimum Gasteiger partial charge on any atom is -0.339 e. The Balaban J connectivity index is 1.99. The molecule has 2 rings (SSSR count). The summed E-state index contributed by atoms with van der Waals surface area (Å²) in [6, 6.07) is 0. The molecule has 3 heteroatoms. The van der Waals surface area contributed by atoms with Gasteiger partial charge in [-0.25, -0.2) is 0 Å². The summed E-state index contributed by atoms with van der Waals surface area (Å²) in [4.78, 5) is 14.5. The van der Waals surface area contributed by atoms with Crippen molar-refractivity contribution in [3.63, 3.8) is 0 Å². The number of nitrogens with zero attached hydrogens (tertiary/aromatic N) is 1. The third-order valence-electron chi connectivity index (χ3n) is 4.06. The number of hydrogen-bond donors (Lipinski definition) is 1. The molecule has 0 radical (unpaired) electrons. The lowest BCUT2D eigenvalue weighted by molar-refractivity contribution is -0.138. The molecule has 1 aliphatic carbocycles. The number of carbonyl (C=O) groups is 1. The van der Waals surface area contributed by atoms with Gasteiger partial charge in [0.25, 0.3) is 0 Å². The smallest absolute Gasteiger partial charge is 0.226 e. The van der Waals surface area contributed by atoms with E-state index in [1.807, 2.05) is 0 Å².